The van der Waals surface area contributed by atoms with Gasteiger partial charge in [0, 0.05) is 33.2 Å². The Labute approximate surface area is 166 Å². The fourth-order valence-corrected chi connectivity index (χ4v) is 3.61. The van der Waals surface area contributed by atoms with E-state index in [9.17, 15) is 9.59 Å². The SMILES string of the molecule is C=CCN1CCN(C(=O)COC)[C@H](Cc2cccc(-c3ccccc3)c2)C1=O. The van der Waals surface area contributed by atoms with E-state index < -0.39 is 6.04 Å². The summed E-state index contributed by atoms with van der Waals surface area (Å²) in [4.78, 5) is 29.0. The van der Waals surface area contributed by atoms with Crippen molar-refractivity contribution in [3.8, 4) is 11.1 Å². The number of ether oxygens (including phenoxy) is 1. The van der Waals surface area contributed by atoms with E-state index in [-0.39, 0.29) is 18.4 Å². The van der Waals surface area contributed by atoms with Gasteiger partial charge in [0.2, 0.25) is 11.8 Å². The molecule has 1 fully saturated rings. The number of hydrogen-bond acceptors (Lipinski definition) is 3. The standard InChI is InChI=1S/C23H26N2O3/c1-3-12-24-13-14-25(22(26)17-28-2)21(23(24)27)16-18-8-7-11-20(15-18)19-9-5-4-6-10-19/h3-11,15,21H,1,12-14,16-17H2,2H3/t21-/m1/s1. The predicted molar refractivity (Wildman–Crippen MR) is 110 cm³/mol. The summed E-state index contributed by atoms with van der Waals surface area (Å²) in [7, 11) is 1.49. The van der Waals surface area contributed by atoms with E-state index in [1.807, 2.05) is 30.3 Å². The van der Waals surface area contributed by atoms with Crippen LogP contribution < -0.4 is 0 Å². The molecular weight excluding hydrogens is 352 g/mol. The second-order valence-electron chi connectivity index (χ2n) is 6.88. The lowest BCUT2D eigenvalue weighted by atomic mass is 9.97. The Morgan fingerprint density at radius 2 is 1.89 bits per heavy atom. The summed E-state index contributed by atoms with van der Waals surface area (Å²) in [6.07, 6.45) is 2.19. The molecule has 3 rings (SSSR count). The molecule has 1 aliphatic heterocycles. The van der Waals surface area contributed by atoms with Crippen molar-refractivity contribution in [2.45, 2.75) is 12.5 Å². The zero-order valence-corrected chi connectivity index (χ0v) is 16.2. The number of carbonyl (C=O) groups is 2. The van der Waals surface area contributed by atoms with Crippen LogP contribution >= 0.6 is 0 Å². The molecule has 0 spiro atoms. The normalized spacial score (nSPS) is 16.9. The summed E-state index contributed by atoms with van der Waals surface area (Å²) in [6, 6.07) is 17.7. The van der Waals surface area contributed by atoms with Crippen molar-refractivity contribution in [1.82, 2.24) is 9.80 Å². The molecule has 0 radical (unpaired) electrons. The second kappa shape index (κ2) is 9.33. The highest BCUT2D eigenvalue weighted by atomic mass is 16.5. The summed E-state index contributed by atoms with van der Waals surface area (Å²) in [5, 5.41) is 0. The van der Waals surface area contributed by atoms with Crippen LogP contribution in [0.1, 0.15) is 5.56 Å². The zero-order chi connectivity index (χ0) is 19.9. The van der Waals surface area contributed by atoms with Crippen LogP contribution in [0.25, 0.3) is 11.1 Å². The largest absolute Gasteiger partial charge is 0.375 e. The molecule has 28 heavy (non-hydrogen) atoms. The fourth-order valence-electron chi connectivity index (χ4n) is 3.61. The third-order valence-electron chi connectivity index (χ3n) is 4.98. The first-order chi connectivity index (χ1) is 13.6. The quantitative estimate of drug-likeness (QED) is 0.696. The summed E-state index contributed by atoms with van der Waals surface area (Å²) in [6.45, 7) is 5.23. The third-order valence-corrected chi connectivity index (χ3v) is 4.98. The molecular formula is C23H26N2O3. The highest BCUT2D eigenvalue weighted by molar-refractivity contribution is 5.89. The molecule has 1 aliphatic rings. The first-order valence-corrected chi connectivity index (χ1v) is 9.46. The Hall–Kier alpha value is -2.92. The van der Waals surface area contributed by atoms with Gasteiger partial charge >= 0.3 is 0 Å². The highest BCUT2D eigenvalue weighted by Gasteiger charge is 2.36. The average Bonchev–Trinajstić information content (AvgIpc) is 2.72. The molecule has 5 heteroatoms. The summed E-state index contributed by atoms with van der Waals surface area (Å²) < 4.78 is 5.01. The van der Waals surface area contributed by atoms with Crippen LogP contribution in [0.3, 0.4) is 0 Å². The minimum absolute atomic E-state index is 0.0186. The van der Waals surface area contributed by atoms with Gasteiger partial charge in [-0.1, -0.05) is 60.7 Å². The first-order valence-electron chi connectivity index (χ1n) is 9.46. The Bertz CT molecular complexity index is 835. The maximum Gasteiger partial charge on any atom is 0.249 e. The molecule has 0 aromatic heterocycles. The van der Waals surface area contributed by atoms with Crippen molar-refractivity contribution in [2.75, 3.05) is 33.4 Å². The summed E-state index contributed by atoms with van der Waals surface area (Å²) in [5.41, 5.74) is 3.24. The molecule has 0 saturated carbocycles. The molecule has 0 N–H and O–H groups in total. The molecule has 0 unspecified atom stereocenters. The van der Waals surface area contributed by atoms with Crippen molar-refractivity contribution >= 4 is 11.8 Å². The first kappa shape index (κ1) is 19.8. The topological polar surface area (TPSA) is 49.9 Å². The number of rotatable bonds is 7. The van der Waals surface area contributed by atoms with Gasteiger partial charge in [-0.3, -0.25) is 9.59 Å². The number of nitrogens with zero attached hydrogens (tertiary/aromatic N) is 2. The van der Waals surface area contributed by atoms with Crippen LogP contribution in [0.2, 0.25) is 0 Å². The number of carbonyl (C=O) groups excluding carboxylic acids is 2. The van der Waals surface area contributed by atoms with Gasteiger partial charge in [-0.05, 0) is 16.7 Å². The molecule has 2 aromatic carbocycles. The van der Waals surface area contributed by atoms with Gasteiger partial charge in [0.05, 0.1) is 0 Å². The number of amides is 2. The average molecular weight is 378 g/mol. The van der Waals surface area contributed by atoms with Crippen molar-refractivity contribution in [2.24, 2.45) is 0 Å². The van der Waals surface area contributed by atoms with E-state index in [4.69, 9.17) is 4.74 Å². The lowest BCUT2D eigenvalue weighted by molar-refractivity contribution is -0.152. The maximum absolute atomic E-state index is 13.0. The van der Waals surface area contributed by atoms with Crippen LogP contribution in [0.15, 0.2) is 67.3 Å². The molecule has 2 aromatic rings. The number of benzene rings is 2. The molecule has 0 aliphatic carbocycles. The smallest absolute Gasteiger partial charge is 0.249 e. The van der Waals surface area contributed by atoms with Gasteiger partial charge in [-0.2, -0.15) is 0 Å². The van der Waals surface area contributed by atoms with Crippen LogP contribution in [0, 0.1) is 0 Å². The van der Waals surface area contributed by atoms with Gasteiger partial charge in [-0.25, -0.2) is 0 Å². The third kappa shape index (κ3) is 4.49. The van der Waals surface area contributed by atoms with Gasteiger partial charge in [-0.15, -0.1) is 6.58 Å². The van der Waals surface area contributed by atoms with E-state index in [1.165, 1.54) is 7.11 Å². The van der Waals surface area contributed by atoms with Crippen molar-refractivity contribution in [1.29, 1.82) is 0 Å². The van der Waals surface area contributed by atoms with E-state index in [2.05, 4.69) is 30.8 Å². The van der Waals surface area contributed by atoms with Gasteiger partial charge in [0.15, 0.2) is 0 Å². The minimum atomic E-state index is -0.526. The second-order valence-corrected chi connectivity index (χ2v) is 6.88. The molecule has 1 saturated heterocycles. The fraction of sp³-hybridized carbons (Fsp3) is 0.304. The van der Waals surface area contributed by atoms with Gasteiger partial charge < -0.3 is 14.5 Å². The molecule has 0 bridgehead atoms. The molecule has 5 nitrogen and oxygen atoms in total. The molecule has 2 amide bonds. The Balaban J connectivity index is 1.86. The maximum atomic E-state index is 13.0. The number of hydrogen-bond donors (Lipinski definition) is 0. The van der Waals surface area contributed by atoms with Crippen LogP contribution in [0.5, 0.6) is 0 Å². The van der Waals surface area contributed by atoms with Crippen molar-refractivity contribution < 1.29 is 14.3 Å². The Morgan fingerprint density at radius 1 is 1.14 bits per heavy atom. The zero-order valence-electron chi connectivity index (χ0n) is 16.2. The van der Waals surface area contributed by atoms with Gasteiger partial charge in [0.1, 0.15) is 12.6 Å². The van der Waals surface area contributed by atoms with Crippen LogP contribution in [-0.4, -0.2) is 61.0 Å². The van der Waals surface area contributed by atoms with E-state index in [0.717, 1.165) is 16.7 Å². The summed E-state index contributed by atoms with van der Waals surface area (Å²) in [5.74, 6) is -0.195. The lowest BCUT2D eigenvalue weighted by Gasteiger charge is -2.40. The van der Waals surface area contributed by atoms with Crippen LogP contribution in [0.4, 0.5) is 0 Å². The van der Waals surface area contributed by atoms with Crippen LogP contribution in [-0.2, 0) is 20.7 Å². The minimum Gasteiger partial charge on any atom is -0.375 e. The summed E-state index contributed by atoms with van der Waals surface area (Å²) >= 11 is 0. The van der Waals surface area contributed by atoms with Crippen molar-refractivity contribution in [3.05, 3.63) is 72.8 Å². The Morgan fingerprint density at radius 3 is 2.61 bits per heavy atom. The monoisotopic (exact) mass is 378 g/mol. The van der Waals surface area contributed by atoms with E-state index in [0.29, 0.717) is 26.1 Å². The van der Waals surface area contributed by atoms with E-state index in [1.54, 1.807) is 15.9 Å². The molecule has 146 valence electrons. The molecule has 1 atom stereocenters. The highest BCUT2D eigenvalue weighted by Crippen LogP contribution is 2.23. The predicted octanol–water partition coefficient (Wildman–Crippen LogP) is 2.77. The van der Waals surface area contributed by atoms with Crippen molar-refractivity contribution in [3.63, 3.8) is 0 Å². The lowest BCUT2D eigenvalue weighted by Crippen LogP contribution is -2.60. The molecule has 1 heterocycles. The Kier molecular flexibility index (Phi) is 6.61. The van der Waals surface area contributed by atoms with Gasteiger partial charge in [0.25, 0.3) is 0 Å². The van der Waals surface area contributed by atoms with E-state index >= 15 is 0 Å². The number of methoxy groups -OCH3 is 1. The number of piperazine rings is 1.